The zero-order valence-corrected chi connectivity index (χ0v) is 10.6. The monoisotopic (exact) mass is 250 g/mol. The summed E-state index contributed by atoms with van der Waals surface area (Å²) < 4.78 is 5.15. The number of para-hydroxylation sites is 1. The van der Waals surface area contributed by atoms with Crippen molar-refractivity contribution in [3.05, 3.63) is 54.6 Å². The van der Waals surface area contributed by atoms with Gasteiger partial charge in [0.1, 0.15) is 5.75 Å². The van der Waals surface area contributed by atoms with Crippen molar-refractivity contribution in [2.45, 2.75) is 0 Å². The molecule has 3 heteroatoms. The number of anilines is 1. The molecule has 3 aromatic rings. The van der Waals surface area contributed by atoms with E-state index in [1.165, 1.54) is 0 Å². The molecule has 19 heavy (non-hydrogen) atoms. The molecule has 2 aromatic carbocycles. The van der Waals surface area contributed by atoms with Crippen LogP contribution in [0, 0.1) is 0 Å². The number of nitrogens with zero attached hydrogens (tertiary/aromatic N) is 1. The lowest BCUT2D eigenvalue weighted by atomic mass is 10.1. The molecule has 0 aliphatic heterocycles. The molecular formula is C16H14N2O. The predicted molar refractivity (Wildman–Crippen MR) is 78.1 cm³/mol. The van der Waals surface area contributed by atoms with Gasteiger partial charge in [-0.3, -0.25) is 0 Å². The van der Waals surface area contributed by atoms with E-state index in [1.54, 1.807) is 7.11 Å². The molecule has 3 nitrogen and oxygen atoms in total. The largest absolute Gasteiger partial charge is 0.497 e. The Morgan fingerprint density at radius 2 is 1.74 bits per heavy atom. The van der Waals surface area contributed by atoms with Crippen LogP contribution in [-0.2, 0) is 0 Å². The standard InChI is InChI=1S/C16H14N2O/c1-19-13-8-6-11(7-9-13)16-14(17)10-12-4-2-3-5-15(12)18-16/h2-10H,17H2,1H3. The molecule has 0 bridgehead atoms. The van der Waals surface area contributed by atoms with Gasteiger partial charge < -0.3 is 10.5 Å². The van der Waals surface area contributed by atoms with E-state index < -0.39 is 0 Å². The Balaban J connectivity index is 2.15. The van der Waals surface area contributed by atoms with Gasteiger partial charge in [0.2, 0.25) is 0 Å². The van der Waals surface area contributed by atoms with Gasteiger partial charge in [0.15, 0.2) is 0 Å². The van der Waals surface area contributed by atoms with Crippen LogP contribution < -0.4 is 10.5 Å². The molecule has 1 aromatic heterocycles. The van der Waals surface area contributed by atoms with Crippen LogP contribution in [0.4, 0.5) is 5.69 Å². The molecule has 0 radical (unpaired) electrons. The number of aromatic nitrogens is 1. The number of nitrogens with two attached hydrogens (primary N) is 1. The summed E-state index contributed by atoms with van der Waals surface area (Å²) in [6.07, 6.45) is 0. The van der Waals surface area contributed by atoms with E-state index in [0.29, 0.717) is 5.69 Å². The number of methoxy groups -OCH3 is 1. The van der Waals surface area contributed by atoms with E-state index in [-0.39, 0.29) is 0 Å². The lowest BCUT2D eigenvalue weighted by Crippen LogP contribution is -1.94. The Morgan fingerprint density at radius 1 is 1.00 bits per heavy atom. The number of fused-ring (bicyclic) bond motifs is 1. The van der Waals surface area contributed by atoms with E-state index >= 15 is 0 Å². The van der Waals surface area contributed by atoms with Crippen molar-refractivity contribution in [2.75, 3.05) is 12.8 Å². The minimum absolute atomic E-state index is 0.684. The van der Waals surface area contributed by atoms with Crippen LogP contribution in [0.3, 0.4) is 0 Å². The second-order valence-electron chi connectivity index (χ2n) is 4.35. The topological polar surface area (TPSA) is 48.1 Å². The van der Waals surface area contributed by atoms with Crippen LogP contribution in [0.15, 0.2) is 54.6 Å². The van der Waals surface area contributed by atoms with Gasteiger partial charge in [-0.25, -0.2) is 4.98 Å². The van der Waals surface area contributed by atoms with Gasteiger partial charge in [-0.1, -0.05) is 18.2 Å². The Morgan fingerprint density at radius 3 is 2.47 bits per heavy atom. The summed E-state index contributed by atoms with van der Waals surface area (Å²) in [4.78, 5) is 4.63. The van der Waals surface area contributed by atoms with Gasteiger partial charge in [-0.05, 0) is 36.4 Å². The van der Waals surface area contributed by atoms with Crippen LogP contribution in [-0.4, -0.2) is 12.1 Å². The second kappa shape index (κ2) is 4.61. The third-order valence-electron chi connectivity index (χ3n) is 3.12. The molecule has 0 spiro atoms. The molecular weight excluding hydrogens is 236 g/mol. The minimum Gasteiger partial charge on any atom is -0.497 e. The normalized spacial score (nSPS) is 10.6. The summed E-state index contributed by atoms with van der Waals surface area (Å²) in [6, 6.07) is 17.7. The number of nitrogen functional groups attached to an aromatic ring is 1. The minimum atomic E-state index is 0.684. The first-order valence-electron chi connectivity index (χ1n) is 6.07. The number of benzene rings is 2. The lowest BCUT2D eigenvalue weighted by Gasteiger charge is -2.08. The van der Waals surface area contributed by atoms with Crippen molar-refractivity contribution in [1.29, 1.82) is 0 Å². The molecule has 2 N–H and O–H groups in total. The lowest BCUT2D eigenvalue weighted by molar-refractivity contribution is 0.415. The maximum absolute atomic E-state index is 6.10. The summed E-state index contributed by atoms with van der Waals surface area (Å²) in [5.41, 5.74) is 9.52. The van der Waals surface area contributed by atoms with Crippen molar-refractivity contribution < 1.29 is 4.74 Å². The van der Waals surface area contributed by atoms with Gasteiger partial charge in [0, 0.05) is 10.9 Å². The van der Waals surface area contributed by atoms with Gasteiger partial charge in [-0.2, -0.15) is 0 Å². The van der Waals surface area contributed by atoms with Gasteiger partial charge in [0.25, 0.3) is 0 Å². The molecule has 0 aliphatic rings. The SMILES string of the molecule is COc1ccc(-c2nc3ccccc3cc2N)cc1. The zero-order chi connectivity index (χ0) is 13.2. The fraction of sp³-hybridized carbons (Fsp3) is 0.0625. The number of hydrogen-bond donors (Lipinski definition) is 1. The summed E-state index contributed by atoms with van der Waals surface area (Å²) in [5.74, 6) is 0.822. The Kier molecular flexibility index (Phi) is 2.80. The van der Waals surface area contributed by atoms with E-state index in [9.17, 15) is 0 Å². The summed E-state index contributed by atoms with van der Waals surface area (Å²) in [7, 11) is 1.65. The first-order chi connectivity index (χ1) is 9.28. The molecule has 3 rings (SSSR count). The molecule has 0 saturated heterocycles. The van der Waals surface area contributed by atoms with Crippen LogP contribution >= 0.6 is 0 Å². The molecule has 0 atom stereocenters. The number of hydrogen-bond acceptors (Lipinski definition) is 3. The summed E-state index contributed by atoms with van der Waals surface area (Å²) in [5, 5.41) is 1.05. The molecule has 94 valence electrons. The zero-order valence-electron chi connectivity index (χ0n) is 10.6. The van der Waals surface area contributed by atoms with Crippen molar-refractivity contribution in [1.82, 2.24) is 4.98 Å². The third kappa shape index (κ3) is 2.10. The smallest absolute Gasteiger partial charge is 0.118 e. The Hall–Kier alpha value is -2.55. The molecule has 0 aliphatic carbocycles. The highest BCUT2D eigenvalue weighted by Gasteiger charge is 2.06. The quantitative estimate of drug-likeness (QED) is 0.757. The molecule has 1 heterocycles. The molecule has 0 fully saturated rings. The average Bonchev–Trinajstić information content (AvgIpc) is 2.47. The first kappa shape index (κ1) is 11.5. The highest BCUT2D eigenvalue weighted by Crippen LogP contribution is 2.28. The summed E-state index contributed by atoms with van der Waals surface area (Å²) in [6.45, 7) is 0. The van der Waals surface area contributed by atoms with E-state index in [1.807, 2.05) is 54.6 Å². The van der Waals surface area contributed by atoms with Gasteiger partial charge in [-0.15, -0.1) is 0 Å². The Bertz CT molecular complexity index is 720. The highest BCUT2D eigenvalue weighted by atomic mass is 16.5. The molecule has 0 saturated carbocycles. The maximum Gasteiger partial charge on any atom is 0.118 e. The fourth-order valence-electron chi connectivity index (χ4n) is 2.11. The first-order valence-corrected chi connectivity index (χ1v) is 6.07. The third-order valence-corrected chi connectivity index (χ3v) is 3.12. The second-order valence-corrected chi connectivity index (χ2v) is 4.35. The molecule has 0 amide bonds. The maximum atomic E-state index is 6.10. The predicted octanol–water partition coefficient (Wildman–Crippen LogP) is 3.49. The highest BCUT2D eigenvalue weighted by molar-refractivity contribution is 5.88. The molecule has 0 unspecified atom stereocenters. The fourth-order valence-corrected chi connectivity index (χ4v) is 2.11. The van der Waals surface area contributed by atoms with E-state index in [0.717, 1.165) is 27.9 Å². The number of rotatable bonds is 2. The van der Waals surface area contributed by atoms with Gasteiger partial charge >= 0.3 is 0 Å². The van der Waals surface area contributed by atoms with Crippen molar-refractivity contribution in [3.63, 3.8) is 0 Å². The summed E-state index contributed by atoms with van der Waals surface area (Å²) >= 11 is 0. The average molecular weight is 250 g/mol. The van der Waals surface area contributed by atoms with Crippen LogP contribution in [0.25, 0.3) is 22.2 Å². The van der Waals surface area contributed by atoms with Crippen molar-refractivity contribution in [2.24, 2.45) is 0 Å². The van der Waals surface area contributed by atoms with Crippen molar-refractivity contribution >= 4 is 16.6 Å². The van der Waals surface area contributed by atoms with E-state index in [2.05, 4.69) is 4.98 Å². The van der Waals surface area contributed by atoms with Gasteiger partial charge in [0.05, 0.1) is 24.0 Å². The number of ether oxygens (including phenoxy) is 1. The van der Waals surface area contributed by atoms with Crippen LogP contribution in [0.2, 0.25) is 0 Å². The Labute approximate surface area is 111 Å². The van der Waals surface area contributed by atoms with Crippen molar-refractivity contribution in [3.8, 4) is 17.0 Å². The van der Waals surface area contributed by atoms with E-state index in [4.69, 9.17) is 10.5 Å². The van der Waals surface area contributed by atoms with Crippen LogP contribution in [0.1, 0.15) is 0 Å². The number of pyridine rings is 1. The van der Waals surface area contributed by atoms with Crippen LogP contribution in [0.5, 0.6) is 5.75 Å².